The van der Waals surface area contributed by atoms with Crippen molar-refractivity contribution in [1.29, 1.82) is 0 Å². The van der Waals surface area contributed by atoms with Gasteiger partial charge in [-0.05, 0) is 64.2 Å². The van der Waals surface area contributed by atoms with Crippen molar-refractivity contribution in [3.05, 3.63) is 224 Å². The van der Waals surface area contributed by atoms with E-state index in [-0.39, 0.29) is 0 Å². The van der Waals surface area contributed by atoms with Crippen LogP contribution in [0.3, 0.4) is 0 Å². The van der Waals surface area contributed by atoms with Crippen LogP contribution in [-0.4, -0.2) is 24.1 Å². The summed E-state index contributed by atoms with van der Waals surface area (Å²) < 4.78 is 4.67. The highest BCUT2D eigenvalue weighted by molar-refractivity contribution is 6.19. The molecule has 0 fully saturated rings. The first-order chi connectivity index (χ1) is 30.8. The van der Waals surface area contributed by atoms with E-state index in [0.29, 0.717) is 17.6 Å². The summed E-state index contributed by atoms with van der Waals surface area (Å²) in [7, 11) is 0. The van der Waals surface area contributed by atoms with Crippen LogP contribution in [0.1, 0.15) is 0 Å². The van der Waals surface area contributed by atoms with Gasteiger partial charge in [-0.2, -0.15) is 9.97 Å². The van der Waals surface area contributed by atoms with Gasteiger partial charge < -0.3 is 4.57 Å². The second-order valence-corrected chi connectivity index (χ2v) is 15.6. The fourth-order valence-electron chi connectivity index (χ4n) is 9.15. The Morgan fingerprint density at radius 3 is 1.32 bits per heavy atom. The van der Waals surface area contributed by atoms with Crippen molar-refractivity contribution in [3.63, 3.8) is 0 Å². The monoisotopic (exact) mass is 791 g/mol. The van der Waals surface area contributed by atoms with Gasteiger partial charge in [-0.1, -0.05) is 188 Å². The van der Waals surface area contributed by atoms with E-state index in [0.717, 1.165) is 60.6 Å². The molecule has 3 aromatic heterocycles. The molecular weight excluding hydrogens is 755 g/mol. The molecule has 0 spiro atoms. The van der Waals surface area contributed by atoms with Crippen molar-refractivity contribution in [3.8, 4) is 67.8 Å². The molecule has 0 aliphatic heterocycles. The molecule has 290 valence electrons. The Bertz CT molecular complexity index is 3550. The Hall–Kier alpha value is -8.41. The van der Waals surface area contributed by atoms with Gasteiger partial charge in [-0.3, -0.25) is 4.57 Å². The normalized spacial score (nSPS) is 11.5. The van der Waals surface area contributed by atoms with E-state index in [1.54, 1.807) is 0 Å². The zero-order valence-corrected chi connectivity index (χ0v) is 33.6. The summed E-state index contributed by atoms with van der Waals surface area (Å²) in [5.74, 6) is 1.83. The Kier molecular flexibility index (Phi) is 8.42. The number of nitrogens with zero attached hydrogens (tertiary/aromatic N) is 5. The molecule has 12 rings (SSSR count). The molecule has 0 saturated carbocycles. The lowest BCUT2D eigenvalue weighted by Gasteiger charge is -2.18. The van der Waals surface area contributed by atoms with Gasteiger partial charge in [0.2, 0.25) is 5.95 Å². The molecule has 0 bridgehead atoms. The minimum absolute atomic E-state index is 0.574. The number of rotatable bonds is 7. The predicted molar refractivity (Wildman–Crippen MR) is 256 cm³/mol. The molecule has 0 saturated heterocycles. The number of aromatic nitrogens is 5. The topological polar surface area (TPSA) is 48.5 Å². The van der Waals surface area contributed by atoms with Gasteiger partial charge in [0.25, 0.3) is 0 Å². The van der Waals surface area contributed by atoms with Gasteiger partial charge in [-0.15, -0.1) is 0 Å². The standard InChI is InChI=1S/C57H37N5/c1-5-19-38(20-6-1)42-33-34-43(47(35-42)39-21-7-2-8-22-39)44-27-13-16-30-50(44)61-51-31-17-14-28-45(51)48-37-54-49(36-53(48)61)46-29-15-18-32-52(46)62(54)57-59-55(40-23-9-3-10-24-40)58-56(60-57)41-25-11-4-12-26-41/h1-37H. The minimum atomic E-state index is 0.574. The summed E-state index contributed by atoms with van der Waals surface area (Å²) in [6, 6.07) is 79.5. The first-order valence-electron chi connectivity index (χ1n) is 21.0. The average Bonchev–Trinajstić information content (AvgIpc) is 3.86. The number of hydrogen-bond donors (Lipinski definition) is 0. The molecule has 0 amide bonds. The van der Waals surface area contributed by atoms with E-state index in [4.69, 9.17) is 15.0 Å². The fourth-order valence-corrected chi connectivity index (χ4v) is 9.15. The fraction of sp³-hybridized carbons (Fsp3) is 0. The van der Waals surface area contributed by atoms with Crippen LogP contribution in [0.4, 0.5) is 0 Å². The van der Waals surface area contributed by atoms with Crippen LogP contribution in [0.5, 0.6) is 0 Å². The Morgan fingerprint density at radius 1 is 0.258 bits per heavy atom. The van der Waals surface area contributed by atoms with Crippen LogP contribution in [-0.2, 0) is 0 Å². The van der Waals surface area contributed by atoms with E-state index < -0.39 is 0 Å². The van der Waals surface area contributed by atoms with Crippen molar-refractivity contribution in [2.24, 2.45) is 0 Å². The van der Waals surface area contributed by atoms with Crippen LogP contribution in [0.15, 0.2) is 224 Å². The smallest absolute Gasteiger partial charge is 0.238 e. The van der Waals surface area contributed by atoms with Crippen LogP contribution >= 0.6 is 0 Å². The van der Waals surface area contributed by atoms with Crippen molar-refractivity contribution < 1.29 is 0 Å². The van der Waals surface area contributed by atoms with E-state index in [1.807, 2.05) is 36.4 Å². The average molecular weight is 792 g/mol. The number of benzene rings is 9. The lowest BCUT2D eigenvalue weighted by Crippen LogP contribution is -2.06. The molecule has 0 atom stereocenters. The maximum absolute atomic E-state index is 5.21. The van der Waals surface area contributed by atoms with E-state index >= 15 is 0 Å². The number of fused-ring (bicyclic) bond motifs is 6. The second kappa shape index (κ2) is 14.7. The second-order valence-electron chi connectivity index (χ2n) is 15.6. The molecule has 62 heavy (non-hydrogen) atoms. The summed E-state index contributed by atoms with van der Waals surface area (Å²) in [5, 5.41) is 4.56. The third-order valence-corrected chi connectivity index (χ3v) is 12.0. The van der Waals surface area contributed by atoms with Crippen molar-refractivity contribution in [2.45, 2.75) is 0 Å². The first kappa shape index (κ1) is 35.5. The molecule has 0 aliphatic carbocycles. The molecule has 12 aromatic rings. The molecule has 5 nitrogen and oxygen atoms in total. The van der Waals surface area contributed by atoms with Crippen molar-refractivity contribution >= 4 is 43.6 Å². The Labute approximate surface area is 358 Å². The molecule has 0 N–H and O–H groups in total. The number of hydrogen-bond acceptors (Lipinski definition) is 3. The maximum Gasteiger partial charge on any atom is 0.238 e. The minimum Gasteiger partial charge on any atom is -0.309 e. The van der Waals surface area contributed by atoms with Gasteiger partial charge in [0, 0.05) is 38.2 Å². The zero-order valence-electron chi connectivity index (χ0n) is 33.6. The summed E-state index contributed by atoms with van der Waals surface area (Å²) in [5.41, 5.74) is 14.4. The van der Waals surface area contributed by atoms with Gasteiger partial charge in [0.1, 0.15) is 0 Å². The SMILES string of the molecule is c1ccc(-c2ccc(-c3ccccc3-n3c4ccccc4c4cc5c(cc43)c3ccccc3n5-c3nc(-c4ccccc4)nc(-c4ccccc4)n3)c(-c3ccccc3)c2)cc1. The summed E-state index contributed by atoms with van der Waals surface area (Å²) in [6.45, 7) is 0. The van der Waals surface area contributed by atoms with E-state index in [2.05, 4.69) is 197 Å². The highest BCUT2D eigenvalue weighted by atomic mass is 15.2. The van der Waals surface area contributed by atoms with E-state index in [9.17, 15) is 0 Å². The highest BCUT2D eigenvalue weighted by Crippen LogP contribution is 2.43. The zero-order chi connectivity index (χ0) is 41.0. The number of para-hydroxylation sites is 3. The molecule has 0 aliphatic rings. The van der Waals surface area contributed by atoms with Gasteiger partial charge in [-0.25, -0.2) is 4.98 Å². The van der Waals surface area contributed by atoms with Crippen LogP contribution in [0.25, 0.3) is 111 Å². The van der Waals surface area contributed by atoms with E-state index in [1.165, 1.54) is 33.2 Å². The third kappa shape index (κ3) is 5.90. The summed E-state index contributed by atoms with van der Waals surface area (Å²) >= 11 is 0. The van der Waals surface area contributed by atoms with Gasteiger partial charge >= 0.3 is 0 Å². The highest BCUT2D eigenvalue weighted by Gasteiger charge is 2.23. The van der Waals surface area contributed by atoms with Crippen LogP contribution < -0.4 is 0 Å². The van der Waals surface area contributed by atoms with Crippen LogP contribution in [0.2, 0.25) is 0 Å². The third-order valence-electron chi connectivity index (χ3n) is 12.0. The summed E-state index contributed by atoms with van der Waals surface area (Å²) in [6.07, 6.45) is 0. The maximum atomic E-state index is 5.21. The van der Waals surface area contributed by atoms with Gasteiger partial charge in [0.05, 0.1) is 27.8 Å². The molecule has 0 radical (unpaired) electrons. The van der Waals surface area contributed by atoms with Crippen molar-refractivity contribution in [2.75, 3.05) is 0 Å². The molecule has 5 heteroatoms. The first-order valence-corrected chi connectivity index (χ1v) is 21.0. The quantitative estimate of drug-likeness (QED) is 0.162. The lowest BCUT2D eigenvalue weighted by molar-refractivity contribution is 0.954. The largest absolute Gasteiger partial charge is 0.309 e. The Morgan fingerprint density at radius 2 is 0.726 bits per heavy atom. The lowest BCUT2D eigenvalue weighted by atomic mass is 9.90. The Balaban J connectivity index is 1.12. The molecular formula is C57H37N5. The molecule has 3 heterocycles. The summed E-state index contributed by atoms with van der Waals surface area (Å²) in [4.78, 5) is 15.4. The molecule has 0 unspecified atom stereocenters. The predicted octanol–water partition coefficient (Wildman–Crippen LogP) is 14.4. The van der Waals surface area contributed by atoms with Crippen molar-refractivity contribution in [1.82, 2.24) is 24.1 Å². The van der Waals surface area contributed by atoms with Crippen LogP contribution in [0, 0.1) is 0 Å². The molecule has 9 aromatic carbocycles. The van der Waals surface area contributed by atoms with Gasteiger partial charge in [0.15, 0.2) is 11.6 Å².